The number of aromatic nitrogens is 2. The first-order valence-electron chi connectivity index (χ1n) is 10.7. The van der Waals surface area contributed by atoms with Crippen LogP contribution in [0.15, 0.2) is 36.7 Å². The molecule has 34 heavy (non-hydrogen) atoms. The van der Waals surface area contributed by atoms with Crippen molar-refractivity contribution >= 4 is 51.1 Å². The van der Waals surface area contributed by atoms with Crippen LogP contribution < -0.4 is 9.62 Å². The SMILES string of the molecule is CN(C)SNc1ccc(CC(=O)N2CCN(c3ncnc4sc(CC(F)(F)F)cc34)CC2)cc1. The quantitative estimate of drug-likeness (QED) is 0.478. The van der Waals surface area contributed by atoms with E-state index >= 15 is 0 Å². The Balaban J connectivity index is 1.35. The number of rotatable bonds is 7. The Morgan fingerprint density at radius 2 is 1.85 bits per heavy atom. The molecule has 3 aromatic rings. The van der Waals surface area contributed by atoms with Crippen molar-refractivity contribution in [3.63, 3.8) is 0 Å². The van der Waals surface area contributed by atoms with Gasteiger partial charge in [0.15, 0.2) is 0 Å². The van der Waals surface area contributed by atoms with Gasteiger partial charge in [-0.1, -0.05) is 12.1 Å². The predicted molar refractivity (Wildman–Crippen MR) is 131 cm³/mol. The third kappa shape index (κ3) is 6.30. The first-order valence-corrected chi connectivity index (χ1v) is 12.3. The molecule has 1 N–H and O–H groups in total. The molecule has 1 amide bonds. The minimum Gasteiger partial charge on any atom is -0.352 e. The molecule has 7 nitrogen and oxygen atoms in total. The zero-order chi connectivity index (χ0) is 24.3. The lowest BCUT2D eigenvalue weighted by molar-refractivity contribution is -0.130. The second-order valence-electron chi connectivity index (χ2n) is 8.17. The molecule has 1 aliphatic rings. The molecular formula is C22H25F3N6OS2. The molecule has 182 valence electrons. The van der Waals surface area contributed by atoms with Gasteiger partial charge in [-0.15, -0.1) is 11.3 Å². The van der Waals surface area contributed by atoms with Gasteiger partial charge in [0.2, 0.25) is 5.91 Å². The largest absolute Gasteiger partial charge is 0.393 e. The third-order valence-corrected chi connectivity index (χ3v) is 7.06. The van der Waals surface area contributed by atoms with E-state index in [1.807, 2.05) is 52.5 Å². The molecule has 3 heterocycles. The van der Waals surface area contributed by atoms with E-state index in [9.17, 15) is 18.0 Å². The highest BCUT2D eigenvalue weighted by Crippen LogP contribution is 2.34. The number of piperazine rings is 1. The number of carbonyl (C=O) groups excluding carboxylic acids is 1. The number of nitrogens with zero attached hydrogens (tertiary/aromatic N) is 5. The average molecular weight is 511 g/mol. The van der Waals surface area contributed by atoms with Gasteiger partial charge in [-0.3, -0.25) is 4.79 Å². The second-order valence-corrected chi connectivity index (χ2v) is 10.4. The van der Waals surface area contributed by atoms with Crippen LogP contribution in [0.5, 0.6) is 0 Å². The summed E-state index contributed by atoms with van der Waals surface area (Å²) in [6.07, 6.45) is -3.52. The Labute approximate surface area is 204 Å². The van der Waals surface area contributed by atoms with E-state index in [2.05, 4.69) is 14.7 Å². The summed E-state index contributed by atoms with van der Waals surface area (Å²) in [5.74, 6) is 0.680. The van der Waals surface area contributed by atoms with E-state index in [-0.39, 0.29) is 10.8 Å². The number of alkyl halides is 3. The van der Waals surface area contributed by atoms with E-state index in [1.54, 1.807) is 0 Å². The third-order valence-electron chi connectivity index (χ3n) is 5.32. The first kappa shape index (κ1) is 24.6. The summed E-state index contributed by atoms with van der Waals surface area (Å²) in [7, 11) is 3.90. The number of halogens is 3. The Morgan fingerprint density at radius 1 is 1.15 bits per heavy atom. The van der Waals surface area contributed by atoms with E-state index < -0.39 is 12.6 Å². The fourth-order valence-corrected chi connectivity index (χ4v) is 5.16. The second kappa shape index (κ2) is 10.4. The monoisotopic (exact) mass is 510 g/mol. The first-order chi connectivity index (χ1) is 16.2. The molecule has 4 rings (SSSR count). The summed E-state index contributed by atoms with van der Waals surface area (Å²) in [5, 5.41) is 0.632. The number of amides is 1. The van der Waals surface area contributed by atoms with Gasteiger partial charge in [-0.05, 0) is 37.9 Å². The molecule has 0 aliphatic carbocycles. The number of thiophene rings is 1. The molecule has 0 spiro atoms. The molecule has 0 saturated carbocycles. The van der Waals surface area contributed by atoms with Gasteiger partial charge in [-0.2, -0.15) is 13.2 Å². The molecule has 0 unspecified atom stereocenters. The lowest BCUT2D eigenvalue weighted by atomic mass is 10.1. The predicted octanol–water partition coefficient (Wildman–Crippen LogP) is 4.22. The molecule has 1 fully saturated rings. The summed E-state index contributed by atoms with van der Waals surface area (Å²) in [5.41, 5.74) is 1.91. The zero-order valence-corrected chi connectivity index (χ0v) is 20.4. The number of fused-ring (bicyclic) bond motifs is 1. The minimum absolute atomic E-state index is 0.0545. The van der Waals surface area contributed by atoms with Crippen molar-refractivity contribution in [3.05, 3.63) is 47.1 Å². The molecule has 2 aromatic heterocycles. The molecule has 1 aliphatic heterocycles. The summed E-state index contributed by atoms with van der Waals surface area (Å²) in [4.78, 5) is 25.9. The summed E-state index contributed by atoms with van der Waals surface area (Å²) >= 11 is 2.52. The molecule has 12 heteroatoms. The van der Waals surface area contributed by atoms with Crippen LogP contribution >= 0.6 is 23.5 Å². The van der Waals surface area contributed by atoms with E-state index in [0.717, 1.165) is 22.6 Å². The Kier molecular flexibility index (Phi) is 7.48. The molecule has 0 atom stereocenters. The highest BCUT2D eigenvalue weighted by atomic mass is 32.2. The van der Waals surface area contributed by atoms with Gasteiger partial charge in [-0.25, -0.2) is 14.3 Å². The highest BCUT2D eigenvalue weighted by molar-refractivity contribution is 7.98. The number of nitrogens with one attached hydrogen (secondary N) is 1. The Bertz CT molecular complexity index is 1130. The normalized spacial score (nSPS) is 14.8. The van der Waals surface area contributed by atoms with Crippen molar-refractivity contribution in [2.45, 2.75) is 19.0 Å². The Hall–Kier alpha value is -2.57. The number of hydrogen-bond donors (Lipinski definition) is 1. The molecule has 0 radical (unpaired) electrons. The van der Waals surface area contributed by atoms with Crippen molar-refractivity contribution in [1.82, 2.24) is 19.2 Å². The van der Waals surface area contributed by atoms with Crippen LogP contribution in [0.4, 0.5) is 24.7 Å². The van der Waals surface area contributed by atoms with Crippen LogP contribution in [0.25, 0.3) is 10.2 Å². The standard InChI is InChI=1S/C22H25F3N6OS2/c1-29(2)34-28-16-5-3-15(4-6-16)11-19(32)30-7-9-31(10-8-30)20-18-12-17(13-22(23,24)25)33-21(18)27-14-26-20/h3-6,12,14,28H,7-11,13H2,1-2H3. The van der Waals surface area contributed by atoms with Gasteiger partial charge >= 0.3 is 6.18 Å². The maximum Gasteiger partial charge on any atom is 0.393 e. The van der Waals surface area contributed by atoms with Gasteiger partial charge in [0.25, 0.3) is 0 Å². The summed E-state index contributed by atoms with van der Waals surface area (Å²) < 4.78 is 43.6. The van der Waals surface area contributed by atoms with Crippen molar-refractivity contribution in [3.8, 4) is 0 Å². The minimum atomic E-state index is -4.26. The van der Waals surface area contributed by atoms with Crippen molar-refractivity contribution < 1.29 is 18.0 Å². The smallest absolute Gasteiger partial charge is 0.352 e. The van der Waals surface area contributed by atoms with Crippen LogP contribution in [0, 0.1) is 0 Å². The van der Waals surface area contributed by atoms with E-state index in [1.165, 1.54) is 24.5 Å². The lowest BCUT2D eigenvalue weighted by Crippen LogP contribution is -2.49. The molecule has 1 aromatic carbocycles. The van der Waals surface area contributed by atoms with Crippen LogP contribution in [0.1, 0.15) is 10.4 Å². The fraction of sp³-hybridized carbons (Fsp3) is 0.409. The average Bonchev–Trinajstić information content (AvgIpc) is 3.19. The summed E-state index contributed by atoms with van der Waals surface area (Å²) in [6.45, 7) is 2.19. The van der Waals surface area contributed by atoms with E-state index in [0.29, 0.717) is 48.6 Å². The lowest BCUT2D eigenvalue weighted by Gasteiger charge is -2.35. The fourth-order valence-electron chi connectivity index (χ4n) is 3.72. The summed E-state index contributed by atoms with van der Waals surface area (Å²) in [6, 6.07) is 9.32. The number of benzene rings is 1. The zero-order valence-electron chi connectivity index (χ0n) is 18.8. The van der Waals surface area contributed by atoms with Gasteiger partial charge in [0.05, 0.1) is 18.2 Å². The molecule has 0 bridgehead atoms. The van der Waals surface area contributed by atoms with E-state index in [4.69, 9.17) is 0 Å². The van der Waals surface area contributed by atoms with Crippen LogP contribution in [0.2, 0.25) is 0 Å². The maximum atomic E-state index is 12.8. The van der Waals surface area contributed by atoms with Crippen molar-refractivity contribution in [2.75, 3.05) is 49.9 Å². The molecular weight excluding hydrogens is 485 g/mol. The number of hydrogen-bond acceptors (Lipinski definition) is 8. The topological polar surface area (TPSA) is 64.6 Å². The van der Waals surface area contributed by atoms with Gasteiger partial charge in [0, 0.05) is 48.9 Å². The van der Waals surface area contributed by atoms with Crippen LogP contribution in [-0.2, 0) is 17.6 Å². The van der Waals surface area contributed by atoms with Gasteiger partial charge < -0.3 is 14.5 Å². The van der Waals surface area contributed by atoms with Gasteiger partial charge in [0.1, 0.15) is 17.0 Å². The number of carbonyl (C=O) groups is 1. The van der Waals surface area contributed by atoms with Crippen molar-refractivity contribution in [2.24, 2.45) is 0 Å². The van der Waals surface area contributed by atoms with Crippen molar-refractivity contribution in [1.29, 1.82) is 0 Å². The maximum absolute atomic E-state index is 12.8. The Morgan fingerprint density at radius 3 is 2.50 bits per heavy atom. The molecule has 1 saturated heterocycles. The highest BCUT2D eigenvalue weighted by Gasteiger charge is 2.30. The number of anilines is 2. The van der Waals surface area contributed by atoms with Crippen LogP contribution in [0.3, 0.4) is 0 Å². The van der Waals surface area contributed by atoms with Crippen LogP contribution in [-0.4, -0.2) is 71.5 Å².